The highest BCUT2D eigenvalue weighted by molar-refractivity contribution is 5.97. The minimum atomic E-state index is -0.524. The fraction of sp³-hybridized carbons (Fsp3) is 0.562. The molecule has 1 aromatic carbocycles. The lowest BCUT2D eigenvalue weighted by Crippen LogP contribution is -2.27. The molecule has 1 aliphatic rings. The topological polar surface area (TPSA) is 49.3 Å². The molecule has 1 saturated carbocycles. The van der Waals surface area contributed by atoms with Crippen LogP contribution in [0.2, 0.25) is 0 Å². The first-order valence-electron chi connectivity index (χ1n) is 6.82. The minimum Gasteiger partial charge on any atom is -0.395 e. The van der Waals surface area contributed by atoms with Crippen molar-refractivity contribution in [3.05, 3.63) is 29.3 Å². The Labute approximate surface area is 115 Å². The number of anilines is 1. The van der Waals surface area contributed by atoms with E-state index in [1.54, 1.807) is 0 Å². The molecule has 1 aliphatic carbocycles. The molecular weight excluding hydrogens is 238 g/mol. The van der Waals surface area contributed by atoms with Gasteiger partial charge in [0.2, 0.25) is 5.91 Å². The number of nitrogens with one attached hydrogen (secondary N) is 1. The summed E-state index contributed by atoms with van der Waals surface area (Å²) in [6.07, 6.45) is 1.57. The normalized spacial score (nSPS) is 17.1. The molecule has 0 bridgehead atoms. The van der Waals surface area contributed by atoms with E-state index in [4.69, 9.17) is 0 Å². The van der Waals surface area contributed by atoms with Crippen molar-refractivity contribution < 1.29 is 9.90 Å². The van der Waals surface area contributed by atoms with Crippen molar-refractivity contribution in [2.45, 2.75) is 46.0 Å². The van der Waals surface area contributed by atoms with Gasteiger partial charge in [-0.25, -0.2) is 0 Å². The van der Waals surface area contributed by atoms with Crippen LogP contribution in [0.25, 0.3) is 0 Å². The third-order valence-electron chi connectivity index (χ3n) is 3.99. The Balaban J connectivity index is 2.23. The number of amides is 1. The number of aliphatic hydroxyl groups is 1. The van der Waals surface area contributed by atoms with Crippen LogP contribution in [0.15, 0.2) is 18.2 Å². The Morgan fingerprint density at radius 1 is 1.37 bits per heavy atom. The third kappa shape index (κ3) is 2.81. The summed E-state index contributed by atoms with van der Waals surface area (Å²) in [5.74, 6) is -0.0517. The molecule has 0 aromatic heterocycles. The molecule has 0 spiro atoms. The molecule has 1 amide bonds. The van der Waals surface area contributed by atoms with E-state index in [9.17, 15) is 9.90 Å². The molecule has 3 heteroatoms. The number of aryl methyl sites for hydroxylation is 1. The summed E-state index contributed by atoms with van der Waals surface area (Å²) in [7, 11) is 0. The van der Waals surface area contributed by atoms with Gasteiger partial charge in [-0.1, -0.05) is 32.9 Å². The van der Waals surface area contributed by atoms with Crippen molar-refractivity contribution in [1.29, 1.82) is 0 Å². The maximum atomic E-state index is 12.2. The molecule has 19 heavy (non-hydrogen) atoms. The van der Waals surface area contributed by atoms with Gasteiger partial charge in [0, 0.05) is 5.69 Å². The highest BCUT2D eigenvalue weighted by atomic mass is 16.3. The van der Waals surface area contributed by atoms with Crippen molar-refractivity contribution in [2.24, 2.45) is 5.41 Å². The average molecular weight is 261 g/mol. The van der Waals surface area contributed by atoms with Crippen LogP contribution >= 0.6 is 0 Å². The molecule has 0 heterocycles. The first kappa shape index (κ1) is 14.1. The van der Waals surface area contributed by atoms with Crippen LogP contribution in [-0.4, -0.2) is 17.6 Å². The molecule has 0 atom stereocenters. The number of carbonyl (C=O) groups excluding carboxylic acids is 1. The number of benzene rings is 1. The molecule has 2 N–H and O–H groups in total. The van der Waals surface area contributed by atoms with Crippen molar-refractivity contribution in [3.63, 3.8) is 0 Å². The predicted molar refractivity (Wildman–Crippen MR) is 77.3 cm³/mol. The molecular formula is C16H23NO2. The lowest BCUT2D eigenvalue weighted by atomic mass is 9.86. The van der Waals surface area contributed by atoms with Crippen molar-refractivity contribution >= 4 is 11.6 Å². The van der Waals surface area contributed by atoms with Crippen LogP contribution < -0.4 is 5.32 Å². The van der Waals surface area contributed by atoms with E-state index in [1.165, 1.54) is 5.56 Å². The summed E-state index contributed by atoms with van der Waals surface area (Å²) < 4.78 is 0. The summed E-state index contributed by atoms with van der Waals surface area (Å²) in [5, 5.41) is 12.3. The second-order valence-corrected chi connectivity index (χ2v) is 6.67. The quantitative estimate of drug-likeness (QED) is 0.878. The summed E-state index contributed by atoms with van der Waals surface area (Å²) in [4.78, 5) is 12.2. The molecule has 1 aromatic rings. The zero-order valence-corrected chi connectivity index (χ0v) is 12.2. The SMILES string of the molecule is Cc1ccc(C(C)(C)C)cc1NC(=O)C1(CO)CC1. The number of carbonyl (C=O) groups is 1. The van der Waals surface area contributed by atoms with E-state index >= 15 is 0 Å². The fourth-order valence-electron chi connectivity index (χ4n) is 2.09. The predicted octanol–water partition coefficient (Wildman–Crippen LogP) is 3.00. The lowest BCUT2D eigenvalue weighted by Gasteiger charge is -2.21. The number of aliphatic hydroxyl groups excluding tert-OH is 1. The van der Waals surface area contributed by atoms with Gasteiger partial charge < -0.3 is 10.4 Å². The van der Waals surface area contributed by atoms with Gasteiger partial charge in [-0.15, -0.1) is 0 Å². The Hall–Kier alpha value is -1.35. The van der Waals surface area contributed by atoms with Crippen LogP contribution in [-0.2, 0) is 10.2 Å². The smallest absolute Gasteiger partial charge is 0.232 e. The van der Waals surface area contributed by atoms with Crippen LogP contribution in [0, 0.1) is 12.3 Å². The number of hydrogen-bond acceptors (Lipinski definition) is 2. The molecule has 1 fully saturated rings. The van der Waals surface area contributed by atoms with Crippen LogP contribution in [0.4, 0.5) is 5.69 Å². The number of hydrogen-bond donors (Lipinski definition) is 2. The maximum absolute atomic E-state index is 12.2. The second kappa shape index (κ2) is 4.64. The van der Waals surface area contributed by atoms with E-state index < -0.39 is 5.41 Å². The molecule has 0 radical (unpaired) electrons. The van der Waals surface area contributed by atoms with Crippen LogP contribution in [0.3, 0.4) is 0 Å². The summed E-state index contributed by atoms with van der Waals surface area (Å²) >= 11 is 0. The minimum absolute atomic E-state index is 0.0517. The Morgan fingerprint density at radius 3 is 2.47 bits per heavy atom. The van der Waals surface area contributed by atoms with E-state index in [0.717, 1.165) is 24.1 Å². The first-order valence-corrected chi connectivity index (χ1v) is 6.82. The largest absolute Gasteiger partial charge is 0.395 e. The molecule has 0 aliphatic heterocycles. The van der Waals surface area contributed by atoms with Gasteiger partial charge in [0.1, 0.15) is 0 Å². The molecule has 104 valence electrons. The summed E-state index contributed by atoms with van der Waals surface area (Å²) in [5.41, 5.74) is 2.64. The monoisotopic (exact) mass is 261 g/mol. The molecule has 2 rings (SSSR count). The fourth-order valence-corrected chi connectivity index (χ4v) is 2.09. The summed E-state index contributed by atoms with van der Waals surface area (Å²) in [6.45, 7) is 8.38. The Morgan fingerprint density at radius 2 is 2.00 bits per heavy atom. The van der Waals surface area contributed by atoms with E-state index in [0.29, 0.717) is 0 Å². The van der Waals surface area contributed by atoms with Gasteiger partial charge in [0.15, 0.2) is 0 Å². The zero-order chi connectivity index (χ0) is 14.3. The number of rotatable bonds is 3. The van der Waals surface area contributed by atoms with Crippen molar-refractivity contribution in [1.82, 2.24) is 0 Å². The second-order valence-electron chi connectivity index (χ2n) is 6.67. The van der Waals surface area contributed by atoms with Gasteiger partial charge in [-0.05, 0) is 42.4 Å². The highest BCUT2D eigenvalue weighted by Gasteiger charge is 2.49. The van der Waals surface area contributed by atoms with Crippen molar-refractivity contribution in [3.8, 4) is 0 Å². The zero-order valence-electron chi connectivity index (χ0n) is 12.2. The first-order chi connectivity index (χ1) is 8.78. The maximum Gasteiger partial charge on any atom is 0.232 e. The van der Waals surface area contributed by atoms with Gasteiger partial charge >= 0.3 is 0 Å². The average Bonchev–Trinajstić information content (AvgIpc) is 3.11. The Bertz CT molecular complexity index is 496. The third-order valence-corrected chi connectivity index (χ3v) is 3.99. The van der Waals surface area contributed by atoms with Gasteiger partial charge in [-0.3, -0.25) is 4.79 Å². The standard InChI is InChI=1S/C16H23NO2/c1-11-5-6-12(15(2,3)4)9-13(11)17-14(19)16(10-18)7-8-16/h5-6,9,18H,7-8,10H2,1-4H3,(H,17,19). The molecule has 3 nitrogen and oxygen atoms in total. The molecule has 0 unspecified atom stereocenters. The highest BCUT2D eigenvalue weighted by Crippen LogP contribution is 2.46. The Kier molecular flexibility index (Phi) is 3.43. The van der Waals surface area contributed by atoms with Gasteiger partial charge in [-0.2, -0.15) is 0 Å². The van der Waals surface area contributed by atoms with Crippen LogP contribution in [0.5, 0.6) is 0 Å². The van der Waals surface area contributed by atoms with E-state index in [2.05, 4.69) is 32.2 Å². The van der Waals surface area contributed by atoms with E-state index in [1.807, 2.05) is 19.1 Å². The lowest BCUT2D eigenvalue weighted by molar-refractivity contribution is -0.122. The van der Waals surface area contributed by atoms with Gasteiger partial charge in [0.05, 0.1) is 12.0 Å². The van der Waals surface area contributed by atoms with Gasteiger partial charge in [0.25, 0.3) is 0 Å². The molecule has 0 saturated heterocycles. The van der Waals surface area contributed by atoms with Crippen LogP contribution in [0.1, 0.15) is 44.7 Å². The van der Waals surface area contributed by atoms with Crippen molar-refractivity contribution in [2.75, 3.05) is 11.9 Å². The van der Waals surface area contributed by atoms with E-state index in [-0.39, 0.29) is 17.9 Å². The summed E-state index contributed by atoms with van der Waals surface area (Å²) in [6, 6.07) is 6.18.